The molecule has 0 N–H and O–H groups in total. The topological polar surface area (TPSA) is 86.5 Å². The molecule has 0 saturated heterocycles. The minimum absolute atomic E-state index is 0.0563. The van der Waals surface area contributed by atoms with Crippen LogP contribution >= 0.6 is 0 Å². The van der Waals surface area contributed by atoms with Gasteiger partial charge < -0.3 is 13.4 Å². The first-order valence-electron chi connectivity index (χ1n) is 11.0. The molecule has 1 unspecified atom stereocenters. The van der Waals surface area contributed by atoms with Crippen LogP contribution in [0.15, 0.2) is 97.1 Å². The van der Waals surface area contributed by atoms with E-state index >= 15 is 0 Å². The quantitative estimate of drug-likeness (QED) is 0.235. The molecule has 3 aromatic heterocycles. The standard InChI is InChI=1S/C28H19NO5/c1-16-14-23(30)33-27-19(16)12-13-21-25(27)24(18-10-6-3-7-11-18)28(32-21)26(31)22-15-20(29-34-22)17-8-4-2-5-9-17/h2-8,10-15,17H,9H2,1H3. The summed E-state index contributed by atoms with van der Waals surface area (Å²) in [5.74, 6) is -0.163. The average molecular weight is 449 g/mol. The fourth-order valence-electron chi connectivity index (χ4n) is 4.48. The smallest absolute Gasteiger partial charge is 0.336 e. The largest absolute Gasteiger partial charge is 0.452 e. The lowest BCUT2D eigenvalue weighted by Gasteiger charge is -2.07. The Hall–Kier alpha value is -4.45. The van der Waals surface area contributed by atoms with Crippen molar-refractivity contribution in [2.75, 3.05) is 0 Å². The molecule has 1 aliphatic carbocycles. The van der Waals surface area contributed by atoms with Crippen LogP contribution in [0.25, 0.3) is 33.1 Å². The molecule has 0 saturated carbocycles. The Labute approximate surface area is 193 Å². The fraction of sp³-hybridized carbons (Fsp3) is 0.107. The predicted molar refractivity (Wildman–Crippen MR) is 128 cm³/mol. The van der Waals surface area contributed by atoms with Crippen LogP contribution in [0.3, 0.4) is 0 Å². The highest BCUT2D eigenvalue weighted by Crippen LogP contribution is 2.40. The van der Waals surface area contributed by atoms with Gasteiger partial charge in [0.1, 0.15) is 11.2 Å². The number of hydrogen-bond acceptors (Lipinski definition) is 6. The first-order chi connectivity index (χ1) is 16.6. The molecule has 1 atom stereocenters. The van der Waals surface area contributed by atoms with Gasteiger partial charge in [0.05, 0.1) is 11.1 Å². The lowest BCUT2D eigenvalue weighted by atomic mass is 9.96. The van der Waals surface area contributed by atoms with Gasteiger partial charge in [0, 0.05) is 29.0 Å². The second-order valence-electron chi connectivity index (χ2n) is 8.34. The van der Waals surface area contributed by atoms with Crippen LogP contribution in [-0.2, 0) is 0 Å². The van der Waals surface area contributed by atoms with Crippen molar-refractivity contribution < 1.29 is 18.2 Å². The Kier molecular flexibility index (Phi) is 4.66. The third kappa shape index (κ3) is 3.23. The van der Waals surface area contributed by atoms with Gasteiger partial charge in [-0.25, -0.2) is 4.79 Å². The molecule has 5 aromatic rings. The van der Waals surface area contributed by atoms with Crippen molar-refractivity contribution in [1.82, 2.24) is 5.16 Å². The van der Waals surface area contributed by atoms with E-state index in [1.165, 1.54) is 6.07 Å². The van der Waals surface area contributed by atoms with Gasteiger partial charge in [0.2, 0.25) is 5.76 Å². The zero-order valence-electron chi connectivity index (χ0n) is 18.3. The molecule has 2 aromatic carbocycles. The molecular weight excluding hydrogens is 430 g/mol. The Balaban J connectivity index is 1.58. The Bertz CT molecular complexity index is 1680. The SMILES string of the molecule is Cc1cc(=O)oc2c1ccc1oc(C(=O)c3cc(C4C=CC=CC4)no3)c(-c3ccccc3)c12. The van der Waals surface area contributed by atoms with E-state index in [2.05, 4.69) is 11.2 Å². The number of allylic oxidation sites excluding steroid dienone is 4. The number of furan rings is 1. The Morgan fingerprint density at radius 1 is 1.03 bits per heavy atom. The van der Waals surface area contributed by atoms with Crippen LogP contribution in [0.1, 0.15) is 39.9 Å². The van der Waals surface area contributed by atoms with E-state index in [0.717, 1.165) is 22.9 Å². The van der Waals surface area contributed by atoms with Gasteiger partial charge in [-0.2, -0.15) is 0 Å². The number of nitrogens with zero attached hydrogens (tertiary/aromatic N) is 1. The molecule has 6 rings (SSSR count). The van der Waals surface area contributed by atoms with Crippen LogP contribution in [0.4, 0.5) is 0 Å². The molecule has 166 valence electrons. The van der Waals surface area contributed by atoms with Gasteiger partial charge in [-0.3, -0.25) is 4.79 Å². The number of hydrogen-bond donors (Lipinski definition) is 0. The molecule has 6 heteroatoms. The molecule has 6 nitrogen and oxygen atoms in total. The lowest BCUT2D eigenvalue weighted by molar-refractivity contribution is 0.0977. The molecule has 0 fully saturated rings. The summed E-state index contributed by atoms with van der Waals surface area (Å²) in [6.45, 7) is 1.85. The lowest BCUT2D eigenvalue weighted by Crippen LogP contribution is -2.01. The molecule has 0 spiro atoms. The maximum absolute atomic E-state index is 13.6. The second kappa shape index (κ2) is 7.85. The Morgan fingerprint density at radius 2 is 1.88 bits per heavy atom. The normalized spacial score (nSPS) is 15.4. The molecule has 0 amide bonds. The van der Waals surface area contributed by atoms with E-state index in [9.17, 15) is 9.59 Å². The summed E-state index contributed by atoms with van der Waals surface area (Å²) < 4.78 is 17.2. The molecule has 0 bridgehead atoms. The molecule has 1 aliphatic rings. The van der Waals surface area contributed by atoms with Crippen molar-refractivity contribution in [1.29, 1.82) is 0 Å². The van der Waals surface area contributed by atoms with Crippen LogP contribution in [0, 0.1) is 6.92 Å². The van der Waals surface area contributed by atoms with Gasteiger partial charge in [-0.15, -0.1) is 0 Å². The summed E-state index contributed by atoms with van der Waals surface area (Å²) >= 11 is 0. The monoisotopic (exact) mass is 449 g/mol. The maximum Gasteiger partial charge on any atom is 0.336 e. The molecule has 0 radical (unpaired) electrons. The molecule has 34 heavy (non-hydrogen) atoms. The van der Waals surface area contributed by atoms with Crippen molar-refractivity contribution in [3.05, 3.63) is 112 Å². The average Bonchev–Trinajstić information content (AvgIpc) is 3.50. The number of aromatic nitrogens is 1. The van der Waals surface area contributed by atoms with Crippen molar-refractivity contribution >= 4 is 27.7 Å². The first kappa shape index (κ1) is 20.2. The predicted octanol–water partition coefficient (Wildman–Crippen LogP) is 6.33. The minimum atomic E-state index is -0.458. The van der Waals surface area contributed by atoms with E-state index in [1.807, 2.05) is 61.5 Å². The van der Waals surface area contributed by atoms with Crippen molar-refractivity contribution in [3.63, 3.8) is 0 Å². The van der Waals surface area contributed by atoms with Crippen molar-refractivity contribution in [2.24, 2.45) is 0 Å². The molecular formula is C28H19NO5. The van der Waals surface area contributed by atoms with E-state index in [1.54, 1.807) is 12.1 Å². The summed E-state index contributed by atoms with van der Waals surface area (Å²) in [6, 6.07) is 16.2. The van der Waals surface area contributed by atoms with E-state index in [-0.39, 0.29) is 17.4 Å². The van der Waals surface area contributed by atoms with E-state index in [4.69, 9.17) is 13.4 Å². The summed E-state index contributed by atoms with van der Waals surface area (Å²) in [5, 5.41) is 5.49. The minimum Gasteiger partial charge on any atom is -0.452 e. The third-order valence-corrected chi connectivity index (χ3v) is 6.15. The fourth-order valence-corrected chi connectivity index (χ4v) is 4.48. The summed E-state index contributed by atoms with van der Waals surface area (Å²) in [5.41, 5.74) is 3.17. The summed E-state index contributed by atoms with van der Waals surface area (Å²) in [4.78, 5) is 25.8. The van der Waals surface area contributed by atoms with Gasteiger partial charge in [0.25, 0.3) is 5.78 Å². The van der Waals surface area contributed by atoms with Gasteiger partial charge in [-0.05, 0) is 36.6 Å². The Morgan fingerprint density at radius 3 is 2.68 bits per heavy atom. The first-order valence-corrected chi connectivity index (χ1v) is 11.0. The zero-order chi connectivity index (χ0) is 23.2. The second-order valence-corrected chi connectivity index (χ2v) is 8.34. The number of rotatable bonds is 4. The van der Waals surface area contributed by atoms with Crippen LogP contribution < -0.4 is 5.63 Å². The number of ketones is 1. The number of carbonyl (C=O) groups is 1. The van der Waals surface area contributed by atoms with E-state index in [0.29, 0.717) is 27.8 Å². The number of carbonyl (C=O) groups excluding carboxylic acids is 1. The van der Waals surface area contributed by atoms with E-state index < -0.39 is 11.4 Å². The third-order valence-electron chi connectivity index (χ3n) is 6.15. The zero-order valence-corrected chi connectivity index (χ0v) is 18.3. The van der Waals surface area contributed by atoms with Gasteiger partial charge in [0.15, 0.2) is 5.76 Å². The van der Waals surface area contributed by atoms with Crippen LogP contribution in [0.5, 0.6) is 0 Å². The summed E-state index contributed by atoms with van der Waals surface area (Å²) in [7, 11) is 0. The van der Waals surface area contributed by atoms with Crippen molar-refractivity contribution in [3.8, 4) is 11.1 Å². The highest BCUT2D eigenvalue weighted by molar-refractivity contribution is 6.19. The van der Waals surface area contributed by atoms with Crippen LogP contribution in [0.2, 0.25) is 0 Å². The maximum atomic E-state index is 13.6. The van der Waals surface area contributed by atoms with Gasteiger partial charge >= 0.3 is 5.63 Å². The molecule has 0 aliphatic heterocycles. The number of aryl methyl sites for hydroxylation is 1. The highest BCUT2D eigenvalue weighted by Gasteiger charge is 2.29. The molecule has 3 heterocycles. The summed E-state index contributed by atoms with van der Waals surface area (Å²) in [6.07, 6.45) is 8.81. The van der Waals surface area contributed by atoms with Gasteiger partial charge in [-0.1, -0.05) is 59.8 Å². The highest BCUT2D eigenvalue weighted by atomic mass is 16.5. The number of benzene rings is 2. The van der Waals surface area contributed by atoms with Crippen molar-refractivity contribution in [2.45, 2.75) is 19.3 Å². The number of fused-ring (bicyclic) bond motifs is 3. The van der Waals surface area contributed by atoms with Crippen LogP contribution in [-0.4, -0.2) is 10.9 Å².